The monoisotopic (exact) mass is 348 g/mol. The van der Waals surface area contributed by atoms with Crippen molar-refractivity contribution in [1.29, 1.82) is 0 Å². The molecule has 140 valence electrons. The van der Waals surface area contributed by atoms with E-state index in [1.165, 1.54) is 0 Å². The lowest BCUT2D eigenvalue weighted by atomic mass is 10.1. The molecule has 2 amide bonds. The minimum Gasteiger partial charge on any atom is -0.356 e. The van der Waals surface area contributed by atoms with Gasteiger partial charge in [-0.2, -0.15) is 0 Å². The smallest absolute Gasteiger partial charge is 0.329 e. The molecule has 3 N–H and O–H groups in total. The van der Waals surface area contributed by atoms with E-state index < -0.39 is 0 Å². The summed E-state index contributed by atoms with van der Waals surface area (Å²) in [5.41, 5.74) is 2.97. The quantitative estimate of drug-likeness (QED) is 0.622. The molecule has 0 spiro atoms. The van der Waals surface area contributed by atoms with Gasteiger partial charge in [0, 0.05) is 44.5 Å². The zero-order valence-electron chi connectivity index (χ0n) is 15.7. The van der Waals surface area contributed by atoms with Crippen LogP contribution in [0.2, 0.25) is 0 Å². The molecule has 1 saturated heterocycles. The second kappa shape index (κ2) is 10.2. The number of rotatable bonds is 8. The third-order valence-corrected chi connectivity index (χ3v) is 4.77. The lowest BCUT2D eigenvalue weighted by molar-refractivity contribution is 0.173. The maximum atomic E-state index is 12.2. The summed E-state index contributed by atoms with van der Waals surface area (Å²) in [5, 5.41) is 8.28. The highest BCUT2D eigenvalue weighted by molar-refractivity contribution is 5.73. The molecule has 1 fully saturated rings. The number of hydrogen-bond acceptors (Lipinski definition) is 5. The van der Waals surface area contributed by atoms with Gasteiger partial charge in [-0.3, -0.25) is 5.43 Å². The number of anilines is 1. The van der Waals surface area contributed by atoms with Crippen LogP contribution in [0.1, 0.15) is 33.1 Å². The van der Waals surface area contributed by atoms with Crippen molar-refractivity contribution in [3.8, 4) is 0 Å². The molecule has 1 aliphatic heterocycles. The summed E-state index contributed by atoms with van der Waals surface area (Å²) in [7, 11) is 1.96. The molecule has 0 aliphatic carbocycles. The Balaban J connectivity index is 1.70. The van der Waals surface area contributed by atoms with E-state index in [1.807, 2.05) is 36.5 Å². The number of hydrogen-bond donors (Lipinski definition) is 3. The molecule has 0 bridgehead atoms. The Labute approximate surface area is 151 Å². The highest BCUT2D eigenvalue weighted by Gasteiger charge is 2.21. The van der Waals surface area contributed by atoms with Crippen LogP contribution in [0.5, 0.6) is 0 Å². The van der Waals surface area contributed by atoms with E-state index in [-0.39, 0.29) is 12.1 Å². The van der Waals surface area contributed by atoms with Crippen LogP contribution >= 0.6 is 0 Å². The molecule has 7 nitrogen and oxygen atoms in total. The summed E-state index contributed by atoms with van der Waals surface area (Å²) in [6.45, 7) is 7.66. The predicted molar refractivity (Wildman–Crippen MR) is 102 cm³/mol. The molecule has 7 heteroatoms. The minimum absolute atomic E-state index is 0.102. The summed E-state index contributed by atoms with van der Waals surface area (Å²) in [6, 6.07) is 6.53. The SMILES string of the molecule is CCN(CC[C@@H](C)NC)NC(=O)NC1CCN(c2ccccn2)CC1. The van der Waals surface area contributed by atoms with Crippen molar-refractivity contribution in [3.05, 3.63) is 24.4 Å². The molecule has 0 aromatic carbocycles. The molecule has 0 saturated carbocycles. The summed E-state index contributed by atoms with van der Waals surface area (Å²) >= 11 is 0. The topological polar surface area (TPSA) is 72.5 Å². The van der Waals surface area contributed by atoms with Crippen LogP contribution in [0.4, 0.5) is 10.6 Å². The fourth-order valence-corrected chi connectivity index (χ4v) is 2.94. The average molecular weight is 348 g/mol. The fourth-order valence-electron chi connectivity index (χ4n) is 2.94. The van der Waals surface area contributed by atoms with Crippen LogP contribution in [0.3, 0.4) is 0 Å². The van der Waals surface area contributed by atoms with E-state index in [0.717, 1.165) is 51.3 Å². The molecule has 0 radical (unpaired) electrons. The van der Waals surface area contributed by atoms with Crippen LogP contribution in [-0.2, 0) is 0 Å². The Morgan fingerprint density at radius 2 is 2.16 bits per heavy atom. The largest absolute Gasteiger partial charge is 0.356 e. The van der Waals surface area contributed by atoms with Gasteiger partial charge in [-0.15, -0.1) is 0 Å². The second-order valence-electron chi connectivity index (χ2n) is 6.59. The van der Waals surface area contributed by atoms with Gasteiger partial charge >= 0.3 is 6.03 Å². The maximum Gasteiger partial charge on any atom is 0.329 e. The van der Waals surface area contributed by atoms with Crippen molar-refractivity contribution in [2.45, 2.75) is 45.2 Å². The molecule has 1 aromatic heterocycles. The van der Waals surface area contributed by atoms with Gasteiger partial charge in [0.05, 0.1) is 0 Å². The van der Waals surface area contributed by atoms with E-state index in [0.29, 0.717) is 6.04 Å². The van der Waals surface area contributed by atoms with Crippen molar-refractivity contribution >= 4 is 11.8 Å². The predicted octanol–water partition coefficient (Wildman–Crippen LogP) is 1.58. The van der Waals surface area contributed by atoms with Gasteiger partial charge in [-0.25, -0.2) is 14.8 Å². The number of nitrogens with one attached hydrogen (secondary N) is 3. The zero-order valence-corrected chi connectivity index (χ0v) is 15.7. The molecule has 2 rings (SSSR count). The first-order valence-electron chi connectivity index (χ1n) is 9.27. The molecule has 1 aromatic rings. The van der Waals surface area contributed by atoms with Gasteiger partial charge in [-0.05, 0) is 45.4 Å². The zero-order chi connectivity index (χ0) is 18.1. The first kappa shape index (κ1) is 19.5. The number of nitrogens with zero attached hydrogens (tertiary/aromatic N) is 3. The third kappa shape index (κ3) is 6.51. The maximum absolute atomic E-state index is 12.2. The van der Waals surface area contributed by atoms with Gasteiger partial charge in [0.15, 0.2) is 0 Å². The van der Waals surface area contributed by atoms with Crippen LogP contribution < -0.4 is 21.0 Å². The summed E-state index contributed by atoms with van der Waals surface area (Å²) < 4.78 is 0. The van der Waals surface area contributed by atoms with Crippen molar-refractivity contribution in [3.63, 3.8) is 0 Å². The van der Waals surface area contributed by atoms with E-state index in [4.69, 9.17) is 0 Å². The molecule has 0 unspecified atom stereocenters. The van der Waals surface area contributed by atoms with Gasteiger partial charge in [0.2, 0.25) is 0 Å². The molecule has 1 atom stereocenters. The van der Waals surface area contributed by atoms with E-state index in [1.54, 1.807) is 0 Å². The van der Waals surface area contributed by atoms with Crippen LogP contribution in [0.15, 0.2) is 24.4 Å². The highest BCUT2D eigenvalue weighted by Crippen LogP contribution is 2.17. The van der Waals surface area contributed by atoms with Gasteiger partial charge < -0.3 is 15.5 Å². The molecule has 25 heavy (non-hydrogen) atoms. The van der Waals surface area contributed by atoms with Crippen molar-refractivity contribution in [2.75, 3.05) is 38.1 Å². The van der Waals surface area contributed by atoms with E-state index in [9.17, 15) is 4.79 Å². The van der Waals surface area contributed by atoms with Crippen LogP contribution in [0.25, 0.3) is 0 Å². The van der Waals surface area contributed by atoms with E-state index in [2.05, 4.69) is 39.8 Å². The molecule has 1 aliphatic rings. The first-order valence-corrected chi connectivity index (χ1v) is 9.27. The average Bonchev–Trinajstić information content (AvgIpc) is 2.66. The molecular formula is C18H32N6O. The summed E-state index contributed by atoms with van der Waals surface area (Å²) in [5.74, 6) is 1.02. The van der Waals surface area contributed by atoms with Crippen molar-refractivity contribution < 1.29 is 4.79 Å². The number of amides is 2. The lowest BCUT2D eigenvalue weighted by Crippen LogP contribution is -2.53. The molecule has 2 heterocycles. The van der Waals surface area contributed by atoms with Gasteiger partial charge in [0.1, 0.15) is 5.82 Å². The van der Waals surface area contributed by atoms with Gasteiger partial charge in [-0.1, -0.05) is 13.0 Å². The number of carbonyl (C=O) groups excluding carboxylic acids is 1. The number of hydrazine groups is 1. The Morgan fingerprint density at radius 1 is 1.40 bits per heavy atom. The second-order valence-corrected chi connectivity index (χ2v) is 6.59. The van der Waals surface area contributed by atoms with E-state index >= 15 is 0 Å². The normalized spacial score (nSPS) is 16.7. The first-order chi connectivity index (χ1) is 12.1. The lowest BCUT2D eigenvalue weighted by Gasteiger charge is -2.33. The Morgan fingerprint density at radius 3 is 2.76 bits per heavy atom. The Bertz CT molecular complexity index is 504. The summed E-state index contributed by atoms with van der Waals surface area (Å²) in [6.07, 6.45) is 4.69. The van der Waals surface area contributed by atoms with Crippen molar-refractivity contribution in [1.82, 2.24) is 26.1 Å². The van der Waals surface area contributed by atoms with Crippen molar-refractivity contribution in [2.24, 2.45) is 0 Å². The highest BCUT2D eigenvalue weighted by atomic mass is 16.2. The number of urea groups is 1. The standard InChI is InChI=1S/C18H32N6O/c1-4-24(14-8-15(2)19-3)22-18(25)21-16-9-12-23(13-10-16)17-7-5-6-11-20-17/h5-7,11,15-16,19H,4,8-10,12-14H2,1-3H3,(H2,21,22,25)/t15-/m1/s1. The number of piperidine rings is 1. The van der Waals surface area contributed by atoms with Crippen LogP contribution in [0, 0.1) is 0 Å². The van der Waals surface area contributed by atoms with Gasteiger partial charge in [0.25, 0.3) is 0 Å². The van der Waals surface area contributed by atoms with Crippen LogP contribution in [-0.4, -0.2) is 61.3 Å². The Kier molecular flexibility index (Phi) is 7.94. The summed E-state index contributed by atoms with van der Waals surface area (Å²) in [4.78, 5) is 18.9. The third-order valence-electron chi connectivity index (χ3n) is 4.77. The molecular weight excluding hydrogens is 316 g/mol. The number of pyridine rings is 1. The number of carbonyl (C=O) groups is 1. The minimum atomic E-state index is -0.102. The Hall–Kier alpha value is -1.86. The number of aromatic nitrogens is 1. The fraction of sp³-hybridized carbons (Fsp3) is 0.667.